The van der Waals surface area contributed by atoms with Crippen LogP contribution in [0.3, 0.4) is 0 Å². The number of rotatable bonds is 4. The van der Waals surface area contributed by atoms with Gasteiger partial charge in [-0.2, -0.15) is 6.26 Å². The van der Waals surface area contributed by atoms with Crippen LogP contribution in [0.5, 0.6) is 0 Å². The first-order chi connectivity index (χ1) is 8.42. The van der Waals surface area contributed by atoms with E-state index in [0.29, 0.717) is 6.42 Å². The number of hydrogen-bond acceptors (Lipinski definition) is 1. The molecule has 0 unspecified atom stereocenters. The first-order valence-electron chi connectivity index (χ1n) is 5.65. The Hall–Kier alpha value is -2.02. The van der Waals surface area contributed by atoms with Crippen LogP contribution in [0.25, 0.3) is 0 Å². The molecule has 2 aromatic rings. The maximum absolute atomic E-state index is 10.5. The van der Waals surface area contributed by atoms with Crippen LogP contribution in [0.15, 0.2) is 73.0 Å². The van der Waals surface area contributed by atoms with Gasteiger partial charge in [0.1, 0.15) is 0 Å². The third-order valence-electron chi connectivity index (χ3n) is 2.66. The highest BCUT2D eigenvalue weighted by Gasteiger charge is 2.12. The van der Waals surface area contributed by atoms with Gasteiger partial charge in [-0.1, -0.05) is 66.7 Å². The summed E-state index contributed by atoms with van der Waals surface area (Å²) < 4.78 is 0. The molecule has 0 saturated carbocycles. The largest absolute Gasteiger partial charge is 0.878 e. The summed E-state index contributed by atoms with van der Waals surface area (Å²) in [5.41, 5.74) is 2.33. The van der Waals surface area contributed by atoms with Crippen LogP contribution >= 0.6 is 0 Å². The van der Waals surface area contributed by atoms with Crippen LogP contribution < -0.4 is 5.11 Å². The molecule has 0 saturated heterocycles. The van der Waals surface area contributed by atoms with Crippen molar-refractivity contribution in [3.63, 3.8) is 0 Å². The molecule has 0 bridgehead atoms. The van der Waals surface area contributed by atoms with Crippen molar-refractivity contribution >= 4 is 0 Å². The molecule has 0 spiro atoms. The highest BCUT2D eigenvalue weighted by molar-refractivity contribution is 5.46. The van der Waals surface area contributed by atoms with Crippen LogP contribution in [0, 0.1) is 5.92 Å². The molecule has 2 rings (SSSR count). The summed E-state index contributed by atoms with van der Waals surface area (Å²) >= 11 is 0. The first-order valence-corrected chi connectivity index (χ1v) is 5.65. The maximum Gasteiger partial charge on any atom is 0.0377 e. The zero-order valence-electron chi connectivity index (χ0n) is 9.54. The Morgan fingerprint density at radius 1 is 0.824 bits per heavy atom. The standard InChI is InChI=1S/C16H15O/c17-13-7-12-16(14-8-3-1-4-9-14)15-10-5-2-6-11-15/h1-11,13,17H,12H2/p-1/b13-7+. The van der Waals surface area contributed by atoms with Gasteiger partial charge >= 0.3 is 0 Å². The van der Waals surface area contributed by atoms with E-state index in [-0.39, 0.29) is 0 Å². The molecule has 0 aliphatic rings. The molecule has 1 heteroatoms. The summed E-state index contributed by atoms with van der Waals surface area (Å²) in [6.07, 6.45) is 3.17. The number of benzene rings is 2. The molecule has 0 aromatic heterocycles. The topological polar surface area (TPSA) is 23.1 Å². The van der Waals surface area contributed by atoms with Crippen molar-refractivity contribution in [3.05, 3.63) is 90.0 Å². The minimum absolute atomic E-state index is 0.664. The lowest BCUT2D eigenvalue weighted by molar-refractivity contribution is -0.275. The molecule has 0 N–H and O–H groups in total. The van der Waals surface area contributed by atoms with Crippen LogP contribution in [-0.4, -0.2) is 0 Å². The Balaban J connectivity index is 2.32. The summed E-state index contributed by atoms with van der Waals surface area (Å²) in [7, 11) is 0. The minimum Gasteiger partial charge on any atom is -0.878 e. The molecular weight excluding hydrogens is 208 g/mol. The number of hydrogen-bond donors (Lipinski definition) is 0. The average molecular weight is 222 g/mol. The van der Waals surface area contributed by atoms with Gasteiger partial charge in [-0.05, 0) is 17.5 Å². The second-order valence-electron chi connectivity index (χ2n) is 3.79. The summed E-state index contributed by atoms with van der Waals surface area (Å²) in [6.45, 7) is 0. The summed E-state index contributed by atoms with van der Waals surface area (Å²) in [6, 6.07) is 20.3. The highest BCUT2D eigenvalue weighted by atomic mass is 16.2. The Morgan fingerprint density at radius 2 is 1.29 bits per heavy atom. The second kappa shape index (κ2) is 5.90. The molecule has 0 aliphatic carbocycles. The minimum atomic E-state index is 0.664. The van der Waals surface area contributed by atoms with Gasteiger partial charge in [0.2, 0.25) is 0 Å². The normalized spacial score (nSPS) is 11.1. The quantitative estimate of drug-likeness (QED) is 0.729. The van der Waals surface area contributed by atoms with Gasteiger partial charge in [-0.15, -0.1) is 0 Å². The van der Waals surface area contributed by atoms with E-state index in [4.69, 9.17) is 0 Å². The molecule has 85 valence electrons. The van der Waals surface area contributed by atoms with Crippen LogP contribution in [0.1, 0.15) is 17.5 Å². The first kappa shape index (κ1) is 11.5. The van der Waals surface area contributed by atoms with Gasteiger partial charge in [-0.3, -0.25) is 0 Å². The van der Waals surface area contributed by atoms with Crippen LogP contribution in [-0.2, 0) is 0 Å². The Kier molecular flexibility index (Phi) is 3.98. The van der Waals surface area contributed by atoms with Crippen molar-refractivity contribution in [2.24, 2.45) is 0 Å². The lowest BCUT2D eigenvalue weighted by Crippen LogP contribution is -2.01. The lowest BCUT2D eigenvalue weighted by atomic mass is 9.89. The second-order valence-corrected chi connectivity index (χ2v) is 3.79. The van der Waals surface area contributed by atoms with Crippen molar-refractivity contribution in [2.45, 2.75) is 6.42 Å². The third-order valence-corrected chi connectivity index (χ3v) is 2.66. The molecule has 0 heterocycles. The zero-order valence-corrected chi connectivity index (χ0v) is 9.54. The van der Waals surface area contributed by atoms with Crippen molar-refractivity contribution < 1.29 is 5.11 Å². The fourth-order valence-corrected chi connectivity index (χ4v) is 1.85. The van der Waals surface area contributed by atoms with Gasteiger partial charge in [0.15, 0.2) is 0 Å². The van der Waals surface area contributed by atoms with Gasteiger partial charge in [0, 0.05) is 5.92 Å². The van der Waals surface area contributed by atoms with E-state index < -0.39 is 0 Å². The van der Waals surface area contributed by atoms with Gasteiger partial charge in [-0.25, -0.2) is 0 Å². The molecule has 17 heavy (non-hydrogen) atoms. The molecule has 1 nitrogen and oxygen atoms in total. The van der Waals surface area contributed by atoms with Crippen molar-refractivity contribution in [1.82, 2.24) is 0 Å². The van der Waals surface area contributed by atoms with Crippen molar-refractivity contribution in [1.29, 1.82) is 0 Å². The van der Waals surface area contributed by atoms with E-state index in [1.165, 1.54) is 5.92 Å². The fourth-order valence-electron chi connectivity index (χ4n) is 1.85. The van der Waals surface area contributed by atoms with Gasteiger partial charge < -0.3 is 5.11 Å². The Morgan fingerprint density at radius 3 is 1.71 bits per heavy atom. The lowest BCUT2D eigenvalue weighted by Gasteiger charge is -2.15. The average Bonchev–Trinajstić information content (AvgIpc) is 2.42. The molecule has 2 aromatic carbocycles. The van der Waals surface area contributed by atoms with E-state index in [9.17, 15) is 5.11 Å². The predicted octanol–water partition coefficient (Wildman–Crippen LogP) is 2.92. The molecule has 1 radical (unpaired) electrons. The summed E-state index contributed by atoms with van der Waals surface area (Å²) in [4.78, 5) is 0. The van der Waals surface area contributed by atoms with Gasteiger partial charge in [0.25, 0.3) is 0 Å². The molecule has 0 aliphatic heterocycles. The van der Waals surface area contributed by atoms with Crippen LogP contribution in [0.4, 0.5) is 0 Å². The highest BCUT2D eigenvalue weighted by Crippen LogP contribution is 2.26. The van der Waals surface area contributed by atoms with Crippen molar-refractivity contribution in [3.8, 4) is 0 Å². The summed E-state index contributed by atoms with van der Waals surface area (Å²) in [5.74, 6) is 1.18. The van der Waals surface area contributed by atoms with Crippen LogP contribution in [0.2, 0.25) is 0 Å². The SMILES string of the molecule is [O-]/C=C/C[C](c1ccccc1)c1ccccc1. The summed E-state index contributed by atoms with van der Waals surface area (Å²) in [5, 5.41) is 10.5. The van der Waals surface area contributed by atoms with Gasteiger partial charge in [0.05, 0.1) is 0 Å². The van der Waals surface area contributed by atoms with E-state index in [1.54, 1.807) is 6.08 Å². The molecule has 0 fully saturated rings. The Bertz CT molecular complexity index is 420. The maximum atomic E-state index is 10.5. The van der Waals surface area contributed by atoms with E-state index in [2.05, 4.69) is 24.3 Å². The van der Waals surface area contributed by atoms with E-state index in [1.807, 2.05) is 36.4 Å². The molecule has 0 amide bonds. The van der Waals surface area contributed by atoms with Crippen molar-refractivity contribution in [2.75, 3.05) is 0 Å². The Labute approximate surface area is 102 Å². The molecular formula is C16H14O-. The monoisotopic (exact) mass is 222 g/mol. The number of allylic oxidation sites excluding steroid dienone is 1. The smallest absolute Gasteiger partial charge is 0.0377 e. The zero-order chi connectivity index (χ0) is 11.9. The van der Waals surface area contributed by atoms with E-state index >= 15 is 0 Å². The third kappa shape index (κ3) is 2.97. The van der Waals surface area contributed by atoms with E-state index in [0.717, 1.165) is 17.4 Å². The molecule has 0 atom stereocenters. The fraction of sp³-hybridized carbons (Fsp3) is 0.0625. The predicted molar refractivity (Wildman–Crippen MR) is 68.1 cm³/mol.